The summed E-state index contributed by atoms with van der Waals surface area (Å²) in [5.41, 5.74) is 0.924. The van der Waals surface area contributed by atoms with Crippen LogP contribution in [0.5, 0.6) is 0 Å². The van der Waals surface area contributed by atoms with Crippen LogP contribution in [-0.2, 0) is 14.8 Å². The van der Waals surface area contributed by atoms with Gasteiger partial charge in [0.15, 0.2) is 2.14 Å². The third kappa shape index (κ3) is 5.54. The van der Waals surface area contributed by atoms with Gasteiger partial charge in [0.2, 0.25) is 0 Å². The number of sulfonamides is 1. The normalized spacial score (nSPS) is 12.0. The molecule has 1 rings (SSSR count). The molecule has 0 spiro atoms. The zero-order valence-corrected chi connectivity index (χ0v) is 16.9. The third-order valence-corrected chi connectivity index (χ3v) is 4.88. The lowest BCUT2D eigenvalue weighted by Gasteiger charge is -2.25. The van der Waals surface area contributed by atoms with Crippen molar-refractivity contribution in [3.05, 3.63) is 29.8 Å². The molecule has 1 aromatic rings. The maximum Gasteiger partial charge on any atom is 0.423 e. The summed E-state index contributed by atoms with van der Waals surface area (Å²) in [7, 11) is -4.00. The third-order valence-electron chi connectivity index (χ3n) is 2.40. The van der Waals surface area contributed by atoms with Gasteiger partial charge in [-0.3, -0.25) is 0 Å². The van der Waals surface area contributed by atoms with Crippen LogP contribution in [-0.4, -0.2) is 34.1 Å². The van der Waals surface area contributed by atoms with Crippen molar-refractivity contribution in [3.63, 3.8) is 0 Å². The molecule has 0 N–H and O–H groups in total. The molecule has 0 aromatic heterocycles. The highest BCUT2D eigenvalue weighted by atomic mass is 80.0. The Labute approximate surface area is 149 Å². The van der Waals surface area contributed by atoms with Crippen molar-refractivity contribution in [2.24, 2.45) is 0 Å². The van der Waals surface area contributed by atoms with Gasteiger partial charge >= 0.3 is 6.09 Å². The first kappa shape index (κ1) is 18.9. The van der Waals surface area contributed by atoms with Gasteiger partial charge in [0.1, 0.15) is 0 Å². The lowest BCUT2D eigenvalue weighted by atomic mass is 10.2. The molecular weight excluding hydrogens is 494 g/mol. The van der Waals surface area contributed by atoms with Gasteiger partial charge < -0.3 is 4.74 Å². The summed E-state index contributed by atoms with van der Waals surface area (Å²) in [6.07, 6.45) is -0.930. The average Bonchev–Trinajstić information content (AvgIpc) is 2.35. The van der Waals surface area contributed by atoms with Gasteiger partial charge in [-0.15, -0.1) is 0 Å². The Kier molecular flexibility index (Phi) is 6.70. The highest BCUT2D eigenvalue weighted by Crippen LogP contribution is 2.36. The molecular formula is C12H14Br3NO4S. The molecule has 118 valence electrons. The van der Waals surface area contributed by atoms with Crippen LogP contribution >= 0.6 is 47.8 Å². The van der Waals surface area contributed by atoms with Crippen LogP contribution in [0.15, 0.2) is 29.2 Å². The van der Waals surface area contributed by atoms with E-state index in [9.17, 15) is 13.2 Å². The van der Waals surface area contributed by atoms with Crippen LogP contribution in [0.1, 0.15) is 12.5 Å². The molecule has 0 aliphatic heterocycles. The van der Waals surface area contributed by atoms with Crippen LogP contribution in [0.4, 0.5) is 4.79 Å². The van der Waals surface area contributed by atoms with Crippen molar-refractivity contribution in [1.29, 1.82) is 0 Å². The van der Waals surface area contributed by atoms with Crippen LogP contribution in [0, 0.1) is 6.92 Å². The number of carbonyl (C=O) groups excluding carboxylic acids is 1. The maximum atomic E-state index is 12.6. The second-order valence-corrected chi connectivity index (χ2v) is 13.3. The molecule has 9 heteroatoms. The number of amides is 1. The maximum absolute atomic E-state index is 12.6. The lowest BCUT2D eigenvalue weighted by Crippen LogP contribution is -2.42. The molecule has 1 amide bonds. The highest BCUT2D eigenvalue weighted by molar-refractivity contribution is 9.39. The van der Waals surface area contributed by atoms with Gasteiger partial charge in [-0.2, -0.15) is 4.31 Å². The number of aryl methyl sites for hydroxylation is 1. The minimum atomic E-state index is -4.00. The summed E-state index contributed by atoms with van der Waals surface area (Å²) in [6.45, 7) is 3.35. The molecule has 0 unspecified atom stereocenters. The van der Waals surface area contributed by atoms with Crippen LogP contribution in [0.25, 0.3) is 0 Å². The molecule has 21 heavy (non-hydrogen) atoms. The van der Waals surface area contributed by atoms with E-state index in [1.54, 1.807) is 19.1 Å². The zero-order valence-electron chi connectivity index (χ0n) is 11.3. The zero-order chi connectivity index (χ0) is 16.3. The summed E-state index contributed by atoms with van der Waals surface area (Å²) < 4.78 is 29.8. The predicted molar refractivity (Wildman–Crippen MR) is 91.6 cm³/mol. The molecule has 0 aliphatic rings. The molecule has 0 atom stereocenters. The van der Waals surface area contributed by atoms with E-state index < -0.39 is 18.3 Å². The summed E-state index contributed by atoms with van der Waals surface area (Å²) in [5.74, 6) is 0. The molecule has 5 nitrogen and oxygen atoms in total. The molecule has 1 aromatic carbocycles. The van der Waals surface area contributed by atoms with Crippen molar-refractivity contribution < 1.29 is 17.9 Å². The number of hydrogen-bond acceptors (Lipinski definition) is 4. The van der Waals surface area contributed by atoms with E-state index in [0.717, 1.165) is 5.56 Å². The van der Waals surface area contributed by atoms with Crippen molar-refractivity contribution >= 4 is 63.9 Å². The Morgan fingerprint density at radius 3 is 2.19 bits per heavy atom. The van der Waals surface area contributed by atoms with Gasteiger partial charge in [0.05, 0.1) is 18.0 Å². The van der Waals surface area contributed by atoms with Crippen LogP contribution < -0.4 is 0 Å². The quantitative estimate of drug-likeness (QED) is 0.578. The Balaban J connectivity index is 3.22. The summed E-state index contributed by atoms with van der Waals surface area (Å²) >= 11 is 9.58. The molecule has 0 aliphatic carbocycles. The lowest BCUT2D eigenvalue weighted by molar-refractivity contribution is 0.132. The van der Waals surface area contributed by atoms with E-state index in [0.29, 0.717) is 4.31 Å². The van der Waals surface area contributed by atoms with Crippen LogP contribution in [0.2, 0.25) is 0 Å². The number of benzene rings is 1. The van der Waals surface area contributed by atoms with Crippen molar-refractivity contribution in [2.75, 3.05) is 13.2 Å². The number of ether oxygens (including phenoxy) is 1. The monoisotopic (exact) mass is 505 g/mol. The minimum absolute atomic E-state index is 0.0258. The van der Waals surface area contributed by atoms with Crippen molar-refractivity contribution in [2.45, 2.75) is 20.9 Å². The average molecular weight is 508 g/mol. The molecule has 0 radical (unpaired) electrons. The fraction of sp³-hybridized carbons (Fsp3) is 0.417. The molecule has 0 heterocycles. The van der Waals surface area contributed by atoms with E-state index in [-0.39, 0.29) is 18.0 Å². The predicted octanol–water partition coefficient (Wildman–Crippen LogP) is 3.98. The minimum Gasteiger partial charge on any atom is -0.449 e. The molecule has 0 saturated heterocycles. The summed E-state index contributed by atoms with van der Waals surface area (Å²) in [6, 6.07) is 6.24. The number of hydrogen-bond donors (Lipinski definition) is 0. The van der Waals surface area contributed by atoms with Gasteiger partial charge in [-0.05, 0) is 26.0 Å². The second-order valence-electron chi connectivity index (χ2n) is 4.14. The van der Waals surface area contributed by atoms with Crippen molar-refractivity contribution in [1.82, 2.24) is 4.31 Å². The fourth-order valence-corrected chi connectivity index (χ4v) is 4.04. The van der Waals surface area contributed by atoms with E-state index >= 15 is 0 Å². The van der Waals surface area contributed by atoms with E-state index in [1.165, 1.54) is 12.1 Å². The summed E-state index contributed by atoms with van der Waals surface area (Å²) in [5, 5.41) is 0. The number of nitrogens with zero attached hydrogens (tertiary/aromatic N) is 1. The Morgan fingerprint density at radius 1 is 1.24 bits per heavy atom. The van der Waals surface area contributed by atoms with E-state index in [4.69, 9.17) is 4.74 Å². The number of carbonyl (C=O) groups is 1. The topological polar surface area (TPSA) is 63.7 Å². The Morgan fingerprint density at radius 2 is 1.76 bits per heavy atom. The van der Waals surface area contributed by atoms with Gasteiger partial charge in [-0.1, -0.05) is 65.5 Å². The van der Waals surface area contributed by atoms with Crippen LogP contribution in [0.3, 0.4) is 0 Å². The molecule has 0 fully saturated rings. The van der Waals surface area contributed by atoms with Gasteiger partial charge in [0, 0.05) is 0 Å². The van der Waals surface area contributed by atoms with E-state index in [2.05, 4.69) is 47.8 Å². The highest BCUT2D eigenvalue weighted by Gasteiger charge is 2.36. The smallest absolute Gasteiger partial charge is 0.423 e. The van der Waals surface area contributed by atoms with E-state index in [1.807, 2.05) is 6.92 Å². The van der Waals surface area contributed by atoms with Gasteiger partial charge in [0.25, 0.3) is 10.0 Å². The SMILES string of the molecule is CCOC(=O)N(CC(Br)(Br)Br)S(=O)(=O)c1ccc(C)cc1. The Bertz CT molecular complexity index is 596. The number of alkyl halides is 3. The number of rotatable bonds is 4. The largest absolute Gasteiger partial charge is 0.449 e. The Hall–Kier alpha value is -0.120. The number of halogens is 3. The second kappa shape index (κ2) is 7.43. The fourth-order valence-electron chi connectivity index (χ4n) is 1.44. The molecule has 0 saturated carbocycles. The van der Waals surface area contributed by atoms with Crippen molar-refractivity contribution in [3.8, 4) is 0 Å². The first-order valence-electron chi connectivity index (χ1n) is 5.91. The standard InChI is InChI=1S/C12H14Br3NO4S/c1-3-20-11(17)16(8-12(13,14)15)21(18,19)10-6-4-9(2)5-7-10/h4-7H,3,8H2,1-2H3. The first-order chi connectivity index (χ1) is 9.58. The van der Waals surface area contributed by atoms with Gasteiger partial charge in [-0.25, -0.2) is 13.2 Å². The summed E-state index contributed by atoms with van der Waals surface area (Å²) in [4.78, 5) is 12.0. The first-order valence-corrected chi connectivity index (χ1v) is 9.72. The molecule has 0 bridgehead atoms.